The number of rotatable bonds is 8. The van der Waals surface area contributed by atoms with Crippen LogP contribution in [-0.2, 0) is 6.42 Å². The van der Waals surface area contributed by atoms with Crippen LogP contribution in [0.3, 0.4) is 0 Å². The van der Waals surface area contributed by atoms with Crippen molar-refractivity contribution in [1.82, 2.24) is 10.3 Å². The third kappa shape index (κ3) is 5.81. The van der Waals surface area contributed by atoms with Crippen LogP contribution in [0.2, 0.25) is 0 Å². The van der Waals surface area contributed by atoms with E-state index in [1.807, 2.05) is 30.2 Å². The third-order valence-corrected chi connectivity index (χ3v) is 5.35. The number of nitrogens with one attached hydrogen (secondary N) is 1. The van der Waals surface area contributed by atoms with Gasteiger partial charge in [0.15, 0.2) is 0 Å². The molecule has 0 fully saturated rings. The van der Waals surface area contributed by atoms with Crippen LogP contribution in [0.25, 0.3) is 0 Å². The molecule has 0 amide bonds. The van der Waals surface area contributed by atoms with E-state index in [-0.39, 0.29) is 0 Å². The maximum atomic E-state index is 4.21. The Labute approximate surface area is 139 Å². The van der Waals surface area contributed by atoms with Crippen LogP contribution in [0.1, 0.15) is 18.9 Å². The van der Waals surface area contributed by atoms with Crippen molar-refractivity contribution in [2.45, 2.75) is 30.7 Å². The Morgan fingerprint density at radius 2 is 2.10 bits per heavy atom. The summed E-state index contributed by atoms with van der Waals surface area (Å²) >= 11 is 5.51. The molecule has 2 nitrogen and oxygen atoms in total. The number of pyridine rings is 1. The van der Waals surface area contributed by atoms with Crippen molar-refractivity contribution in [3.05, 3.63) is 58.8 Å². The quantitative estimate of drug-likeness (QED) is 0.695. The smallest absolute Gasteiger partial charge is 0.0311 e. The van der Waals surface area contributed by atoms with Gasteiger partial charge in [0.25, 0.3) is 0 Å². The fourth-order valence-corrected chi connectivity index (χ4v) is 3.72. The minimum atomic E-state index is 0.464. The van der Waals surface area contributed by atoms with Crippen LogP contribution in [0.5, 0.6) is 0 Å². The molecule has 0 bridgehead atoms. The summed E-state index contributed by atoms with van der Waals surface area (Å²) in [6.07, 6.45) is 5.96. The van der Waals surface area contributed by atoms with Gasteiger partial charge in [0.05, 0.1) is 0 Å². The summed E-state index contributed by atoms with van der Waals surface area (Å²) in [6, 6.07) is 13.0. The summed E-state index contributed by atoms with van der Waals surface area (Å²) < 4.78 is 1.17. The molecule has 0 aliphatic rings. The largest absolute Gasteiger partial charge is 0.313 e. The van der Waals surface area contributed by atoms with Gasteiger partial charge in [-0.15, -0.1) is 11.8 Å². The topological polar surface area (TPSA) is 24.9 Å². The van der Waals surface area contributed by atoms with E-state index in [4.69, 9.17) is 0 Å². The van der Waals surface area contributed by atoms with E-state index in [9.17, 15) is 0 Å². The Morgan fingerprint density at radius 1 is 1.24 bits per heavy atom. The SMILES string of the molecule is CCCNC(CSc1ccccc1Br)Cc1cccnc1. The molecule has 0 saturated carbocycles. The van der Waals surface area contributed by atoms with E-state index in [0.29, 0.717) is 6.04 Å². The summed E-state index contributed by atoms with van der Waals surface area (Å²) in [4.78, 5) is 5.51. The molecule has 1 unspecified atom stereocenters. The van der Waals surface area contributed by atoms with Crippen molar-refractivity contribution in [2.75, 3.05) is 12.3 Å². The molecule has 1 aromatic carbocycles. The van der Waals surface area contributed by atoms with E-state index < -0.39 is 0 Å². The lowest BCUT2D eigenvalue weighted by atomic mass is 10.1. The highest BCUT2D eigenvalue weighted by Gasteiger charge is 2.10. The molecule has 2 aromatic rings. The van der Waals surface area contributed by atoms with Gasteiger partial charge in [0.2, 0.25) is 0 Å². The Bertz CT molecular complexity index is 533. The zero-order valence-electron chi connectivity index (χ0n) is 12.3. The number of aromatic nitrogens is 1. The zero-order valence-corrected chi connectivity index (χ0v) is 14.7. The van der Waals surface area contributed by atoms with Crippen molar-refractivity contribution < 1.29 is 0 Å². The van der Waals surface area contributed by atoms with Crippen LogP contribution >= 0.6 is 27.7 Å². The molecular weight excluding hydrogens is 344 g/mol. The van der Waals surface area contributed by atoms with Gasteiger partial charge in [-0.2, -0.15) is 0 Å². The highest BCUT2D eigenvalue weighted by atomic mass is 79.9. The van der Waals surface area contributed by atoms with Gasteiger partial charge in [-0.3, -0.25) is 4.98 Å². The van der Waals surface area contributed by atoms with E-state index in [1.165, 1.54) is 14.9 Å². The molecule has 1 aromatic heterocycles. The highest BCUT2D eigenvalue weighted by Crippen LogP contribution is 2.27. The van der Waals surface area contributed by atoms with E-state index >= 15 is 0 Å². The molecule has 0 spiro atoms. The third-order valence-electron chi connectivity index (χ3n) is 3.16. The lowest BCUT2D eigenvalue weighted by molar-refractivity contribution is 0.549. The number of hydrogen-bond donors (Lipinski definition) is 1. The van der Waals surface area contributed by atoms with Crippen LogP contribution in [0.15, 0.2) is 58.2 Å². The number of nitrogens with zero attached hydrogens (tertiary/aromatic N) is 1. The lowest BCUT2D eigenvalue weighted by Crippen LogP contribution is -2.34. The van der Waals surface area contributed by atoms with Gasteiger partial charge < -0.3 is 5.32 Å². The second-order valence-electron chi connectivity index (χ2n) is 4.96. The Balaban J connectivity index is 1.94. The van der Waals surface area contributed by atoms with E-state index in [2.05, 4.69) is 63.5 Å². The number of benzene rings is 1. The van der Waals surface area contributed by atoms with Gasteiger partial charge >= 0.3 is 0 Å². The van der Waals surface area contributed by atoms with E-state index in [0.717, 1.165) is 25.1 Å². The lowest BCUT2D eigenvalue weighted by Gasteiger charge is -2.18. The summed E-state index contributed by atoms with van der Waals surface area (Å²) in [5.41, 5.74) is 1.29. The van der Waals surface area contributed by atoms with Gasteiger partial charge in [0, 0.05) is 33.6 Å². The molecule has 0 saturated heterocycles. The maximum Gasteiger partial charge on any atom is 0.0311 e. The fourth-order valence-electron chi connectivity index (χ4n) is 2.09. The summed E-state index contributed by atoms with van der Waals surface area (Å²) in [5, 5.41) is 3.64. The average molecular weight is 365 g/mol. The molecule has 0 aliphatic heterocycles. The van der Waals surface area contributed by atoms with Gasteiger partial charge in [-0.25, -0.2) is 0 Å². The first-order valence-electron chi connectivity index (χ1n) is 7.29. The average Bonchev–Trinajstić information content (AvgIpc) is 2.52. The number of hydrogen-bond acceptors (Lipinski definition) is 3. The van der Waals surface area contributed by atoms with Crippen molar-refractivity contribution in [3.63, 3.8) is 0 Å². The van der Waals surface area contributed by atoms with Crippen molar-refractivity contribution in [3.8, 4) is 0 Å². The van der Waals surface area contributed by atoms with E-state index in [1.54, 1.807) is 0 Å². The summed E-state index contributed by atoms with van der Waals surface area (Å²) in [7, 11) is 0. The molecule has 4 heteroatoms. The summed E-state index contributed by atoms with van der Waals surface area (Å²) in [5.74, 6) is 1.05. The molecule has 21 heavy (non-hydrogen) atoms. The zero-order chi connectivity index (χ0) is 14.9. The van der Waals surface area contributed by atoms with Crippen molar-refractivity contribution in [2.24, 2.45) is 0 Å². The fraction of sp³-hybridized carbons (Fsp3) is 0.353. The molecule has 1 atom stereocenters. The highest BCUT2D eigenvalue weighted by molar-refractivity contribution is 9.10. The Morgan fingerprint density at radius 3 is 2.81 bits per heavy atom. The number of halogens is 1. The minimum absolute atomic E-state index is 0.464. The van der Waals surface area contributed by atoms with Gasteiger partial charge in [-0.05, 0) is 59.1 Å². The van der Waals surface area contributed by atoms with Crippen LogP contribution in [0.4, 0.5) is 0 Å². The molecule has 1 heterocycles. The molecular formula is C17H21BrN2S. The van der Waals surface area contributed by atoms with Gasteiger partial charge in [0.1, 0.15) is 0 Å². The van der Waals surface area contributed by atoms with Gasteiger partial charge in [-0.1, -0.05) is 25.1 Å². The molecule has 0 aliphatic carbocycles. The first-order valence-corrected chi connectivity index (χ1v) is 9.07. The molecule has 0 radical (unpaired) electrons. The second-order valence-corrected chi connectivity index (χ2v) is 6.87. The molecule has 2 rings (SSSR count). The van der Waals surface area contributed by atoms with Crippen molar-refractivity contribution >= 4 is 27.7 Å². The monoisotopic (exact) mass is 364 g/mol. The van der Waals surface area contributed by atoms with Crippen molar-refractivity contribution in [1.29, 1.82) is 0 Å². The predicted molar refractivity (Wildman–Crippen MR) is 94.9 cm³/mol. The summed E-state index contributed by atoms with van der Waals surface area (Å²) in [6.45, 7) is 3.26. The maximum absolute atomic E-state index is 4.21. The Kier molecular flexibility index (Phi) is 7.27. The van der Waals surface area contributed by atoms with Crippen LogP contribution in [-0.4, -0.2) is 23.3 Å². The van der Waals surface area contributed by atoms with Crippen LogP contribution in [0, 0.1) is 0 Å². The normalized spacial score (nSPS) is 12.3. The molecule has 1 N–H and O–H groups in total. The Hall–Kier alpha value is -0.840. The standard InChI is InChI=1S/C17H21BrN2S/c1-2-9-20-15(11-14-6-5-10-19-12-14)13-21-17-8-4-3-7-16(17)18/h3-8,10,12,15,20H,2,9,11,13H2,1H3. The first kappa shape index (κ1) is 16.5. The number of thioether (sulfide) groups is 1. The second kappa shape index (κ2) is 9.23. The van der Waals surface area contributed by atoms with Crippen LogP contribution < -0.4 is 5.32 Å². The molecule has 112 valence electrons. The first-order chi connectivity index (χ1) is 10.3. The minimum Gasteiger partial charge on any atom is -0.313 e. The predicted octanol–water partition coefficient (Wildman–Crippen LogP) is 4.55.